The summed E-state index contributed by atoms with van der Waals surface area (Å²) >= 11 is 0. The number of nitrogens with two attached hydrogens (primary N) is 1. The van der Waals surface area contributed by atoms with Crippen LogP contribution in [0.15, 0.2) is 30.3 Å². The summed E-state index contributed by atoms with van der Waals surface area (Å²) in [5, 5.41) is 0. The largest absolute Gasteiger partial charge is 0.316 e. The van der Waals surface area contributed by atoms with E-state index in [1.165, 1.54) is 5.56 Å². The van der Waals surface area contributed by atoms with Crippen molar-refractivity contribution in [3.63, 3.8) is 0 Å². The van der Waals surface area contributed by atoms with Gasteiger partial charge in [-0.25, -0.2) is 0 Å². The van der Waals surface area contributed by atoms with Crippen LogP contribution < -0.4 is 5.73 Å². The zero-order valence-corrected chi connectivity index (χ0v) is 10.3. The summed E-state index contributed by atoms with van der Waals surface area (Å²) in [5.41, 5.74) is 7.41. The first-order valence-electron chi connectivity index (χ1n) is 6.21. The third kappa shape index (κ3) is 3.14. The van der Waals surface area contributed by atoms with Crippen molar-refractivity contribution in [3.8, 4) is 0 Å². The zero-order chi connectivity index (χ0) is 12.3. The molecule has 0 bridgehead atoms. The molecule has 1 fully saturated rings. The van der Waals surface area contributed by atoms with Gasteiger partial charge < -0.3 is 5.73 Å². The number of Topliss-reactive ketones (excluding diaryl/α,β-unsaturated/α-hetero) is 1. The van der Waals surface area contributed by atoms with Crippen LogP contribution in [0.4, 0.5) is 0 Å². The van der Waals surface area contributed by atoms with Gasteiger partial charge >= 0.3 is 0 Å². The summed E-state index contributed by atoms with van der Waals surface area (Å²) in [6.07, 6.45) is 1.75. The molecule has 1 saturated heterocycles. The summed E-state index contributed by atoms with van der Waals surface area (Å²) in [6.45, 7) is 3.47. The van der Waals surface area contributed by atoms with E-state index in [0.717, 1.165) is 25.9 Å². The molecular formula is C14H20N2O. The minimum absolute atomic E-state index is 0.0119. The number of piperidine rings is 1. The Morgan fingerprint density at radius 2 is 2.12 bits per heavy atom. The molecule has 1 heterocycles. The second kappa shape index (κ2) is 5.43. The quantitative estimate of drug-likeness (QED) is 0.864. The molecule has 0 aliphatic carbocycles. The van der Waals surface area contributed by atoms with Crippen molar-refractivity contribution in [2.24, 2.45) is 11.7 Å². The maximum atomic E-state index is 11.3. The predicted octanol–water partition coefficient (Wildman–Crippen LogP) is 1.77. The first-order chi connectivity index (χ1) is 8.16. The Hall–Kier alpha value is -1.19. The number of benzene rings is 1. The van der Waals surface area contributed by atoms with Crippen LogP contribution in [0, 0.1) is 5.92 Å². The number of nitrogens with zero attached hydrogens (tertiary/aromatic N) is 1. The Morgan fingerprint density at radius 1 is 1.41 bits per heavy atom. The lowest BCUT2D eigenvalue weighted by atomic mass is 9.91. The molecule has 1 aromatic carbocycles. The van der Waals surface area contributed by atoms with Crippen LogP contribution in [0.2, 0.25) is 0 Å². The number of carbonyl (C=O) groups excluding carboxylic acids is 1. The van der Waals surface area contributed by atoms with Crippen LogP contribution in [-0.2, 0) is 11.3 Å². The zero-order valence-electron chi connectivity index (χ0n) is 10.3. The minimum atomic E-state index is 0.0119. The van der Waals surface area contributed by atoms with Crippen LogP contribution in [0.3, 0.4) is 0 Å². The van der Waals surface area contributed by atoms with Gasteiger partial charge in [-0.1, -0.05) is 30.3 Å². The average molecular weight is 232 g/mol. The Bertz CT molecular complexity index is 377. The molecule has 0 aromatic heterocycles. The third-order valence-electron chi connectivity index (χ3n) is 3.56. The van der Waals surface area contributed by atoms with Gasteiger partial charge in [0.25, 0.3) is 0 Å². The lowest BCUT2D eigenvalue weighted by molar-refractivity contribution is -0.122. The van der Waals surface area contributed by atoms with Gasteiger partial charge in [0.2, 0.25) is 0 Å². The molecule has 1 aliphatic rings. The molecule has 0 amide bonds. The smallest absolute Gasteiger partial charge is 0.133 e. The van der Waals surface area contributed by atoms with Gasteiger partial charge in [-0.05, 0) is 25.3 Å². The molecular weight excluding hydrogens is 212 g/mol. The maximum Gasteiger partial charge on any atom is 0.133 e. The van der Waals surface area contributed by atoms with E-state index in [9.17, 15) is 4.79 Å². The van der Waals surface area contributed by atoms with E-state index in [-0.39, 0.29) is 17.9 Å². The summed E-state index contributed by atoms with van der Waals surface area (Å²) in [4.78, 5) is 13.6. The fraction of sp³-hybridized carbons (Fsp3) is 0.500. The first-order valence-corrected chi connectivity index (χ1v) is 6.21. The second-order valence-corrected chi connectivity index (χ2v) is 4.86. The Balaban J connectivity index is 1.94. The van der Waals surface area contributed by atoms with Crippen molar-refractivity contribution in [2.75, 3.05) is 6.54 Å². The molecule has 2 N–H and O–H groups in total. The Kier molecular flexibility index (Phi) is 3.92. The molecule has 0 spiro atoms. The van der Waals surface area contributed by atoms with Crippen LogP contribution in [0.25, 0.3) is 0 Å². The highest BCUT2D eigenvalue weighted by Crippen LogP contribution is 2.22. The predicted molar refractivity (Wildman–Crippen MR) is 68.2 cm³/mol. The average Bonchev–Trinajstić information content (AvgIpc) is 2.33. The second-order valence-electron chi connectivity index (χ2n) is 4.86. The van der Waals surface area contributed by atoms with Crippen molar-refractivity contribution < 1.29 is 4.79 Å². The van der Waals surface area contributed by atoms with Crippen molar-refractivity contribution in [3.05, 3.63) is 35.9 Å². The summed E-state index contributed by atoms with van der Waals surface area (Å²) in [7, 11) is 0. The molecule has 0 radical (unpaired) electrons. The number of hydrogen-bond donors (Lipinski definition) is 1. The van der Waals surface area contributed by atoms with E-state index < -0.39 is 0 Å². The summed E-state index contributed by atoms with van der Waals surface area (Å²) in [5.74, 6) is 0.442. The van der Waals surface area contributed by atoms with Gasteiger partial charge in [-0.2, -0.15) is 0 Å². The Morgan fingerprint density at radius 3 is 2.71 bits per heavy atom. The van der Waals surface area contributed by atoms with E-state index >= 15 is 0 Å². The van der Waals surface area contributed by atoms with Gasteiger partial charge in [-0.3, -0.25) is 9.69 Å². The third-order valence-corrected chi connectivity index (χ3v) is 3.56. The fourth-order valence-electron chi connectivity index (χ4n) is 2.43. The van der Waals surface area contributed by atoms with E-state index in [1.807, 2.05) is 18.2 Å². The van der Waals surface area contributed by atoms with Gasteiger partial charge in [0.15, 0.2) is 0 Å². The van der Waals surface area contributed by atoms with E-state index in [1.54, 1.807) is 6.92 Å². The molecule has 1 aromatic rings. The monoisotopic (exact) mass is 232 g/mol. The van der Waals surface area contributed by atoms with Crippen LogP contribution in [0.1, 0.15) is 25.3 Å². The highest BCUT2D eigenvalue weighted by atomic mass is 16.1. The van der Waals surface area contributed by atoms with Gasteiger partial charge in [0, 0.05) is 19.0 Å². The van der Waals surface area contributed by atoms with E-state index in [4.69, 9.17) is 5.73 Å². The highest BCUT2D eigenvalue weighted by molar-refractivity contribution is 5.78. The number of hydrogen-bond acceptors (Lipinski definition) is 3. The van der Waals surface area contributed by atoms with E-state index in [2.05, 4.69) is 17.0 Å². The number of ketones is 1. The molecule has 1 aliphatic heterocycles. The van der Waals surface area contributed by atoms with Crippen LogP contribution >= 0.6 is 0 Å². The van der Waals surface area contributed by atoms with Gasteiger partial charge in [0.1, 0.15) is 5.78 Å². The Labute approximate surface area is 103 Å². The lowest BCUT2D eigenvalue weighted by Crippen LogP contribution is -2.48. The standard InChI is InChI=1S/C14H20N2O/c1-11(17)13-7-8-16(14(15)9-13)10-12-5-3-2-4-6-12/h2-6,13-14H,7-10,15H2,1H3. The van der Waals surface area contributed by atoms with Gasteiger partial charge in [0.05, 0.1) is 6.17 Å². The first kappa shape index (κ1) is 12.3. The SMILES string of the molecule is CC(=O)C1CCN(Cc2ccccc2)C(N)C1. The lowest BCUT2D eigenvalue weighted by Gasteiger charge is -2.36. The molecule has 92 valence electrons. The van der Waals surface area contributed by atoms with Crippen molar-refractivity contribution in [1.29, 1.82) is 0 Å². The molecule has 2 atom stereocenters. The van der Waals surface area contributed by atoms with E-state index in [0.29, 0.717) is 0 Å². The topological polar surface area (TPSA) is 46.3 Å². The molecule has 3 heteroatoms. The molecule has 0 saturated carbocycles. The molecule has 3 nitrogen and oxygen atoms in total. The van der Waals surface area contributed by atoms with Crippen molar-refractivity contribution >= 4 is 5.78 Å². The highest BCUT2D eigenvalue weighted by Gasteiger charge is 2.27. The fourth-order valence-corrected chi connectivity index (χ4v) is 2.43. The minimum Gasteiger partial charge on any atom is -0.316 e. The van der Waals surface area contributed by atoms with Crippen molar-refractivity contribution in [2.45, 2.75) is 32.5 Å². The maximum absolute atomic E-state index is 11.3. The van der Waals surface area contributed by atoms with Gasteiger partial charge in [-0.15, -0.1) is 0 Å². The van der Waals surface area contributed by atoms with Crippen molar-refractivity contribution in [1.82, 2.24) is 4.90 Å². The van der Waals surface area contributed by atoms with Crippen LogP contribution in [0.5, 0.6) is 0 Å². The molecule has 2 rings (SSSR count). The molecule has 17 heavy (non-hydrogen) atoms. The normalized spacial score (nSPS) is 25.8. The number of carbonyl (C=O) groups is 1. The molecule has 2 unspecified atom stereocenters. The van der Waals surface area contributed by atoms with Crippen LogP contribution in [-0.4, -0.2) is 23.4 Å². The number of rotatable bonds is 3. The number of likely N-dealkylation sites (tertiary alicyclic amines) is 1. The summed E-state index contributed by atoms with van der Waals surface area (Å²) in [6, 6.07) is 10.3. The summed E-state index contributed by atoms with van der Waals surface area (Å²) < 4.78 is 0.